The van der Waals surface area contributed by atoms with E-state index in [1.807, 2.05) is 0 Å². The number of carbonyl (C=O) groups excluding carboxylic acids is 17. The third kappa shape index (κ3) is 44.5. The summed E-state index contributed by atoms with van der Waals surface area (Å²) in [7, 11) is 0. The second-order valence-corrected chi connectivity index (χ2v) is 32.9. The van der Waals surface area contributed by atoms with Crippen molar-refractivity contribution in [1.82, 2.24) is 95.0 Å². The molecule has 1 aliphatic heterocycles. The van der Waals surface area contributed by atoms with E-state index in [-0.39, 0.29) is 89.5 Å². The second kappa shape index (κ2) is 58.6. The Balaban J connectivity index is 2.64. The summed E-state index contributed by atoms with van der Waals surface area (Å²) in [5.74, 6) is -27.4. The van der Waals surface area contributed by atoms with Crippen LogP contribution in [-0.2, 0) is 107 Å². The van der Waals surface area contributed by atoms with Gasteiger partial charge in [-0.25, -0.2) is 9.78 Å². The van der Waals surface area contributed by atoms with E-state index in [2.05, 4.69) is 95.0 Å². The highest BCUT2D eigenvalue weighted by molar-refractivity contribution is 6.02. The number of carboxylic acids is 4. The molecule has 1 aromatic rings. The minimum Gasteiger partial charge on any atom is -0.481 e. The molecule has 0 saturated carbocycles. The summed E-state index contributed by atoms with van der Waals surface area (Å²) < 4.78 is 0. The molecule has 2 rings (SSSR count). The number of H-pyrrole nitrogens is 1. The number of nitrogens with zero attached hydrogens (tertiary/aromatic N) is 1. The Hall–Kier alpha value is -12.8. The number of carboxylic acid groups (broad SMARTS) is 4. The van der Waals surface area contributed by atoms with Gasteiger partial charge in [-0.05, 0) is 146 Å². The van der Waals surface area contributed by atoms with E-state index in [1.165, 1.54) is 26.4 Å². The minimum absolute atomic E-state index is 0.0432. The molecule has 34 N–H and O–H groups in total. The number of nitrogens with two attached hydrogens (primary N) is 6. The number of hydrogen-bond acceptors (Lipinski definition) is 26. The van der Waals surface area contributed by atoms with Crippen LogP contribution in [-0.4, -0.2) is 277 Å². The predicted octanol–water partition coefficient (Wildman–Crippen LogP) is -7.89. The standard InChI is InChI=1S/C79H133N25O25/c1-38(2)31-51(98-76(126)55(35-61(112)113)102-69(119)50(22-26-59(108)109)96-73(123)52(32-39(3)4)99-75(125)54(34-60(110)111)101-64(114)43-17-13-29-88-43)72(122)92-44(15-9-11-27-80)65(115)91-46(18-14-30-89-79(85)86)66(116)95-49(21-25-58(84)107)71(121)103-62(40(5)6)77(127)97-48(20-24-57(83)106)67(117)94-47(19-23-56(82)105)68(118)100-53(33-42-36-87-37-90-42)74(124)93-45(16-10-12-28-81)70(120)104-63(41(7)8)78(128)129/h36-41,43-55,62-63,88H,9-35,80-81H2,1-8H3,(H2,82,105)(H2,83,106)(H2,84,107)(H,87,90)(H,91,115)(H,92,122)(H,93,124)(H,94,117)(H,95,116)(H,96,123)(H,97,127)(H,98,126)(H,99,125)(H,100,118)(H,101,114)(H,102,119)(H,103,121)(H,104,120)(H,108,109)(H,110,111)(H,112,113)(H,128,129)(H4,85,86,89)/t43-,44-,45-,46-,47-,48-,49-,50-,51-,52-,53-,54-,55-,62-,63-/m0/s1. The van der Waals surface area contributed by atoms with Crippen LogP contribution in [0.2, 0.25) is 0 Å². The van der Waals surface area contributed by atoms with Gasteiger partial charge in [0.1, 0.15) is 84.6 Å². The summed E-state index contributed by atoms with van der Waals surface area (Å²) in [5.41, 5.74) is 33.8. The number of imidazole rings is 1. The van der Waals surface area contributed by atoms with Gasteiger partial charge in [-0.15, -0.1) is 0 Å². The van der Waals surface area contributed by atoms with Gasteiger partial charge in [0.2, 0.25) is 100 Å². The summed E-state index contributed by atoms with van der Waals surface area (Å²) in [6.07, 6.45) is -4.06. The van der Waals surface area contributed by atoms with Gasteiger partial charge in [-0.1, -0.05) is 55.4 Å². The van der Waals surface area contributed by atoms with Gasteiger partial charge in [0, 0.05) is 44.8 Å². The summed E-state index contributed by atoms with van der Waals surface area (Å²) in [4.78, 5) is 292. The summed E-state index contributed by atoms with van der Waals surface area (Å²) in [6.45, 7) is 13.1. The lowest BCUT2D eigenvalue weighted by atomic mass is 10.00. The number of aromatic amines is 1. The Labute approximate surface area is 745 Å². The Morgan fingerprint density at radius 3 is 1.05 bits per heavy atom. The molecule has 0 aromatic carbocycles. The lowest BCUT2D eigenvalue weighted by Crippen LogP contribution is -2.61. The Morgan fingerprint density at radius 2 is 0.721 bits per heavy atom. The molecule has 15 atom stereocenters. The highest BCUT2D eigenvalue weighted by Crippen LogP contribution is 2.17. The van der Waals surface area contributed by atoms with Crippen LogP contribution in [0.3, 0.4) is 0 Å². The summed E-state index contributed by atoms with van der Waals surface area (Å²) >= 11 is 0. The predicted molar refractivity (Wildman–Crippen MR) is 458 cm³/mol. The Morgan fingerprint density at radius 1 is 0.395 bits per heavy atom. The number of aromatic nitrogens is 2. The van der Waals surface area contributed by atoms with E-state index in [0.717, 1.165) is 0 Å². The number of hydrogen-bond donors (Lipinski definition) is 28. The van der Waals surface area contributed by atoms with Crippen LogP contribution in [0.15, 0.2) is 12.5 Å². The molecule has 0 unspecified atom stereocenters. The van der Waals surface area contributed by atoms with Crippen molar-refractivity contribution in [3.8, 4) is 0 Å². The average Bonchev–Trinajstić information content (AvgIpc) is 1.79. The number of nitrogens with one attached hydrogen (secondary N) is 18. The van der Waals surface area contributed by atoms with Gasteiger partial charge in [0.25, 0.3) is 0 Å². The zero-order valence-electron chi connectivity index (χ0n) is 74.0. The van der Waals surface area contributed by atoms with Crippen LogP contribution in [0, 0.1) is 29.1 Å². The fraction of sp³-hybridized carbons (Fsp3) is 0.684. The molecule has 1 saturated heterocycles. The maximum atomic E-state index is 14.8. The molecule has 50 nitrogen and oxygen atoms in total. The van der Waals surface area contributed by atoms with E-state index < -0.39 is 309 Å². The number of rotatable bonds is 65. The van der Waals surface area contributed by atoms with Gasteiger partial charge >= 0.3 is 23.9 Å². The molecule has 1 aliphatic rings. The number of unbranched alkanes of at least 4 members (excludes halogenated alkanes) is 2. The molecule has 1 fully saturated rings. The lowest BCUT2D eigenvalue weighted by Gasteiger charge is -2.29. The van der Waals surface area contributed by atoms with Crippen molar-refractivity contribution in [3.63, 3.8) is 0 Å². The molecule has 50 heteroatoms. The normalized spacial score (nSPS) is 15.6. The Kier molecular flexibility index (Phi) is 51.0. The zero-order valence-corrected chi connectivity index (χ0v) is 74.0. The van der Waals surface area contributed by atoms with Crippen LogP contribution in [0.25, 0.3) is 0 Å². The van der Waals surface area contributed by atoms with E-state index >= 15 is 0 Å². The largest absolute Gasteiger partial charge is 0.481 e. The van der Waals surface area contributed by atoms with Crippen molar-refractivity contribution in [3.05, 3.63) is 18.2 Å². The summed E-state index contributed by atoms with van der Waals surface area (Å²) in [6, 6.07) is -24.6. The fourth-order valence-electron chi connectivity index (χ4n) is 13.2. The Bertz CT molecular complexity index is 3990. The number of primary amides is 3. The first-order chi connectivity index (χ1) is 60.6. The van der Waals surface area contributed by atoms with Crippen molar-refractivity contribution < 1.29 is 121 Å². The van der Waals surface area contributed by atoms with Crippen molar-refractivity contribution >= 4 is 130 Å². The van der Waals surface area contributed by atoms with E-state index in [4.69, 9.17) is 39.8 Å². The smallest absolute Gasteiger partial charge is 0.326 e. The monoisotopic (exact) mass is 1830 g/mol. The van der Waals surface area contributed by atoms with Gasteiger partial charge in [0.05, 0.1) is 30.9 Å². The lowest BCUT2D eigenvalue weighted by molar-refractivity contribution is -0.144. The number of aliphatic carboxylic acids is 4. The molecule has 724 valence electrons. The van der Waals surface area contributed by atoms with Crippen LogP contribution in [0.5, 0.6) is 0 Å². The molecule has 1 aromatic heterocycles. The minimum atomic E-state index is -2.11. The van der Waals surface area contributed by atoms with E-state index in [0.29, 0.717) is 25.8 Å². The average molecular weight is 1830 g/mol. The highest BCUT2D eigenvalue weighted by Gasteiger charge is 2.41. The quantitative estimate of drug-likeness (QED) is 0.0164. The maximum Gasteiger partial charge on any atom is 0.326 e. The molecular formula is C79H133N25O25. The first kappa shape index (κ1) is 112. The van der Waals surface area contributed by atoms with E-state index in [1.54, 1.807) is 41.5 Å². The third-order valence-corrected chi connectivity index (χ3v) is 20.2. The second-order valence-electron chi connectivity index (χ2n) is 32.9. The first-order valence-corrected chi connectivity index (χ1v) is 42.8. The van der Waals surface area contributed by atoms with Crippen LogP contribution in [0.4, 0.5) is 0 Å². The number of guanidine groups is 1. The van der Waals surface area contributed by atoms with Crippen molar-refractivity contribution in [1.29, 1.82) is 5.41 Å². The molecule has 0 spiro atoms. The molecule has 0 bridgehead atoms. The molecule has 0 aliphatic carbocycles. The number of carbonyl (C=O) groups is 21. The van der Waals surface area contributed by atoms with Crippen molar-refractivity contribution in [2.45, 2.75) is 294 Å². The van der Waals surface area contributed by atoms with Gasteiger partial charge in [-0.3, -0.25) is 101 Å². The van der Waals surface area contributed by atoms with Crippen LogP contribution in [0.1, 0.15) is 202 Å². The van der Waals surface area contributed by atoms with Crippen LogP contribution >= 0.6 is 0 Å². The molecule has 129 heavy (non-hydrogen) atoms. The van der Waals surface area contributed by atoms with Crippen molar-refractivity contribution in [2.24, 2.45) is 58.1 Å². The summed E-state index contributed by atoms with van der Waals surface area (Å²) in [5, 5.41) is 86.4. The van der Waals surface area contributed by atoms with Gasteiger partial charge < -0.3 is 145 Å². The maximum absolute atomic E-state index is 14.8. The van der Waals surface area contributed by atoms with Crippen molar-refractivity contribution in [2.75, 3.05) is 26.2 Å². The molecular weight excluding hydrogens is 1700 g/mol. The zero-order chi connectivity index (χ0) is 97.5. The third-order valence-electron chi connectivity index (χ3n) is 20.2. The molecule has 17 amide bonds. The topological polar surface area (TPSA) is 841 Å². The molecule has 0 radical (unpaired) electrons. The van der Waals surface area contributed by atoms with Crippen LogP contribution < -0.4 is 119 Å². The molecule has 2 heterocycles. The van der Waals surface area contributed by atoms with E-state index in [9.17, 15) is 121 Å². The van der Waals surface area contributed by atoms with Gasteiger partial charge in [0.15, 0.2) is 5.96 Å². The fourth-order valence-corrected chi connectivity index (χ4v) is 13.2. The number of amides is 17. The SMILES string of the molecule is CC(C)C[C@H](NC(=O)[C@H](CC(=O)O)NC(=O)[C@@H]1CCCN1)C(=O)N[C@@H](CCC(=O)O)C(=O)N[C@@H](CC(=O)O)C(=O)N[C@@H](CC(C)C)C(=O)N[C@@H](CCCCN)C(=O)N[C@@H](CCCNC(=N)N)C(=O)N[C@@H](CCC(N)=O)C(=O)N[C@H](C(=O)N[C@@H](CCC(N)=O)C(=O)N[C@@H](CCC(N)=O)C(=O)N[C@@H](Cc1c[nH]cn1)C(=O)N[C@@H](CCCCN)C(=O)N[C@H](C(=O)O)C(C)C)C(C)C. The first-order valence-electron chi connectivity index (χ1n) is 42.8. The van der Waals surface area contributed by atoms with Gasteiger partial charge in [-0.2, -0.15) is 0 Å². The highest BCUT2D eigenvalue weighted by atomic mass is 16.4.